The molecule has 132 valence electrons. The van der Waals surface area contributed by atoms with Crippen LogP contribution in [0.2, 0.25) is 0 Å². The Bertz CT molecular complexity index is 587. The number of hydrogen-bond donors (Lipinski definition) is 3. The Hall–Kier alpha value is -2.44. The molecule has 0 heterocycles. The zero-order valence-electron chi connectivity index (χ0n) is 14.0. The molecule has 1 aromatic carbocycles. The molecule has 24 heavy (non-hydrogen) atoms. The van der Waals surface area contributed by atoms with Gasteiger partial charge in [0.2, 0.25) is 11.8 Å². The molecule has 2 amide bonds. The maximum absolute atomic E-state index is 13.0. The zero-order chi connectivity index (χ0) is 18.3. The minimum atomic E-state index is -1.12. The minimum absolute atomic E-state index is 0.0858. The van der Waals surface area contributed by atoms with Gasteiger partial charge in [-0.15, -0.1) is 0 Å². The van der Waals surface area contributed by atoms with E-state index in [9.17, 15) is 23.9 Å². The predicted molar refractivity (Wildman–Crippen MR) is 86.7 cm³/mol. The molecule has 2 atom stereocenters. The second-order valence-electron chi connectivity index (χ2n) is 6.11. The fourth-order valence-corrected chi connectivity index (χ4v) is 2.28. The van der Waals surface area contributed by atoms with E-state index in [1.54, 1.807) is 0 Å². The molecule has 0 bridgehead atoms. The summed E-state index contributed by atoms with van der Waals surface area (Å²) in [4.78, 5) is 35.0. The van der Waals surface area contributed by atoms with Crippen LogP contribution in [0.25, 0.3) is 0 Å². The van der Waals surface area contributed by atoms with Crippen LogP contribution < -0.4 is 10.6 Å². The number of carbonyl (C=O) groups is 3. The number of rotatable bonds is 8. The summed E-state index contributed by atoms with van der Waals surface area (Å²) in [6, 6.07) is 3.60. The van der Waals surface area contributed by atoms with E-state index in [1.165, 1.54) is 31.2 Å². The molecule has 7 heteroatoms. The zero-order valence-corrected chi connectivity index (χ0v) is 14.0. The van der Waals surface area contributed by atoms with Crippen LogP contribution >= 0.6 is 0 Å². The van der Waals surface area contributed by atoms with Gasteiger partial charge in [-0.1, -0.05) is 26.0 Å². The number of aliphatic carboxylic acids is 1. The molecule has 0 radical (unpaired) electrons. The maximum atomic E-state index is 13.0. The quantitative estimate of drug-likeness (QED) is 0.669. The van der Waals surface area contributed by atoms with Crippen molar-refractivity contribution in [2.45, 2.75) is 45.7 Å². The van der Waals surface area contributed by atoms with Crippen LogP contribution in [0.3, 0.4) is 0 Å². The lowest BCUT2D eigenvalue weighted by Gasteiger charge is -2.22. The highest BCUT2D eigenvalue weighted by Gasteiger charge is 2.26. The van der Waals surface area contributed by atoms with Crippen molar-refractivity contribution >= 4 is 17.8 Å². The molecule has 0 fully saturated rings. The third-order valence-corrected chi connectivity index (χ3v) is 3.37. The average molecular weight is 338 g/mol. The second kappa shape index (κ2) is 9.00. The standard InChI is InChI=1S/C17H23FN2O4/c1-10(2)8-15(17(23)24)20-16(22)14(19-11(3)21)9-12-4-6-13(18)7-5-12/h4-7,10,14-15H,8-9H2,1-3H3,(H,19,21)(H,20,22)(H,23,24)/t14-,15+/m0/s1. The molecule has 6 nitrogen and oxygen atoms in total. The first-order valence-corrected chi connectivity index (χ1v) is 7.73. The molecule has 0 aromatic heterocycles. The van der Waals surface area contributed by atoms with Crippen LogP contribution in [0.4, 0.5) is 4.39 Å². The summed E-state index contributed by atoms with van der Waals surface area (Å²) in [6.45, 7) is 4.98. The van der Waals surface area contributed by atoms with Crippen LogP contribution in [0.5, 0.6) is 0 Å². The van der Waals surface area contributed by atoms with Crippen molar-refractivity contribution in [3.63, 3.8) is 0 Å². The summed E-state index contributed by atoms with van der Waals surface area (Å²) in [5, 5.41) is 14.2. The molecular weight excluding hydrogens is 315 g/mol. The van der Waals surface area contributed by atoms with Gasteiger partial charge >= 0.3 is 5.97 Å². The molecule has 3 N–H and O–H groups in total. The molecule has 0 unspecified atom stereocenters. The van der Waals surface area contributed by atoms with E-state index < -0.39 is 35.7 Å². The van der Waals surface area contributed by atoms with E-state index in [4.69, 9.17) is 0 Å². The van der Waals surface area contributed by atoms with Gasteiger partial charge in [-0.3, -0.25) is 9.59 Å². The van der Waals surface area contributed by atoms with Gasteiger partial charge in [0.15, 0.2) is 0 Å². The third-order valence-electron chi connectivity index (χ3n) is 3.37. The highest BCUT2D eigenvalue weighted by Crippen LogP contribution is 2.09. The van der Waals surface area contributed by atoms with E-state index >= 15 is 0 Å². The lowest BCUT2D eigenvalue weighted by atomic mass is 10.0. The number of halogens is 1. The van der Waals surface area contributed by atoms with Gasteiger partial charge in [-0.05, 0) is 30.0 Å². The molecule has 0 spiro atoms. The SMILES string of the molecule is CC(=O)N[C@@H](Cc1ccc(F)cc1)C(=O)N[C@H](CC(C)C)C(=O)O. The van der Waals surface area contributed by atoms with Gasteiger partial charge in [0.05, 0.1) is 0 Å². The molecule has 0 aliphatic carbocycles. The van der Waals surface area contributed by atoms with Gasteiger partial charge in [-0.25, -0.2) is 9.18 Å². The normalized spacial score (nSPS) is 13.2. The molecule has 0 saturated carbocycles. The van der Waals surface area contributed by atoms with Crippen molar-refractivity contribution < 1.29 is 23.9 Å². The van der Waals surface area contributed by atoms with E-state index in [0.717, 1.165) is 0 Å². The van der Waals surface area contributed by atoms with Crippen molar-refractivity contribution in [1.82, 2.24) is 10.6 Å². The van der Waals surface area contributed by atoms with Crippen LogP contribution in [0.1, 0.15) is 32.8 Å². The van der Waals surface area contributed by atoms with E-state index in [2.05, 4.69) is 10.6 Å². The average Bonchev–Trinajstić information content (AvgIpc) is 2.47. The maximum Gasteiger partial charge on any atom is 0.326 e. The molecule has 0 aliphatic heterocycles. The molecule has 0 saturated heterocycles. The minimum Gasteiger partial charge on any atom is -0.480 e. The topological polar surface area (TPSA) is 95.5 Å². The number of carboxylic acids is 1. The van der Waals surface area contributed by atoms with Gasteiger partial charge in [0.25, 0.3) is 0 Å². The van der Waals surface area contributed by atoms with Crippen LogP contribution in [-0.4, -0.2) is 35.0 Å². The van der Waals surface area contributed by atoms with Gasteiger partial charge in [-0.2, -0.15) is 0 Å². The third kappa shape index (κ3) is 6.76. The smallest absolute Gasteiger partial charge is 0.326 e. The van der Waals surface area contributed by atoms with Crippen LogP contribution in [-0.2, 0) is 20.8 Å². The molecule has 1 aromatic rings. The second-order valence-corrected chi connectivity index (χ2v) is 6.11. The summed E-state index contributed by atoms with van der Waals surface area (Å²) in [5.41, 5.74) is 0.654. The van der Waals surface area contributed by atoms with Crippen molar-refractivity contribution in [1.29, 1.82) is 0 Å². The van der Waals surface area contributed by atoms with Gasteiger partial charge in [0, 0.05) is 13.3 Å². The molecule has 0 aliphatic rings. The predicted octanol–water partition coefficient (Wildman–Crippen LogP) is 1.49. The van der Waals surface area contributed by atoms with Crippen molar-refractivity contribution in [3.8, 4) is 0 Å². The Labute approximate surface area is 140 Å². The summed E-state index contributed by atoms with van der Waals surface area (Å²) < 4.78 is 13.0. The Morgan fingerprint density at radius 1 is 1.08 bits per heavy atom. The van der Waals surface area contributed by atoms with Crippen LogP contribution in [0.15, 0.2) is 24.3 Å². The van der Waals surface area contributed by atoms with Crippen LogP contribution in [0, 0.1) is 11.7 Å². The number of carboxylic acid groups (broad SMARTS) is 1. The highest BCUT2D eigenvalue weighted by atomic mass is 19.1. The lowest BCUT2D eigenvalue weighted by Crippen LogP contribution is -2.52. The highest BCUT2D eigenvalue weighted by molar-refractivity contribution is 5.90. The Kier molecular flexibility index (Phi) is 7.35. The first-order valence-electron chi connectivity index (χ1n) is 7.73. The van der Waals surface area contributed by atoms with Crippen molar-refractivity contribution in [3.05, 3.63) is 35.6 Å². The molecular formula is C17H23FN2O4. The van der Waals surface area contributed by atoms with Crippen molar-refractivity contribution in [2.24, 2.45) is 5.92 Å². The number of hydrogen-bond acceptors (Lipinski definition) is 3. The summed E-state index contributed by atoms with van der Waals surface area (Å²) in [6.07, 6.45) is 0.421. The largest absolute Gasteiger partial charge is 0.480 e. The fraction of sp³-hybridized carbons (Fsp3) is 0.471. The Morgan fingerprint density at radius 3 is 2.12 bits per heavy atom. The van der Waals surface area contributed by atoms with Gasteiger partial charge < -0.3 is 15.7 Å². The fourth-order valence-electron chi connectivity index (χ4n) is 2.28. The summed E-state index contributed by atoms with van der Waals surface area (Å²) in [7, 11) is 0. The number of benzene rings is 1. The monoisotopic (exact) mass is 338 g/mol. The van der Waals surface area contributed by atoms with E-state index in [1.807, 2.05) is 13.8 Å². The number of carbonyl (C=O) groups excluding carboxylic acids is 2. The Balaban J connectivity index is 2.85. The van der Waals surface area contributed by atoms with Gasteiger partial charge in [0.1, 0.15) is 17.9 Å². The van der Waals surface area contributed by atoms with Crippen molar-refractivity contribution in [2.75, 3.05) is 0 Å². The number of amides is 2. The van der Waals surface area contributed by atoms with E-state index in [0.29, 0.717) is 5.56 Å². The number of nitrogens with one attached hydrogen (secondary N) is 2. The first-order chi connectivity index (χ1) is 11.2. The summed E-state index contributed by atoms with van der Waals surface area (Å²) in [5.74, 6) is -2.43. The van der Waals surface area contributed by atoms with E-state index in [-0.39, 0.29) is 18.8 Å². The molecule has 1 rings (SSSR count). The summed E-state index contributed by atoms with van der Waals surface area (Å²) >= 11 is 0. The Morgan fingerprint density at radius 2 is 1.67 bits per heavy atom. The first kappa shape index (κ1) is 19.6. The lowest BCUT2D eigenvalue weighted by molar-refractivity contribution is -0.142.